The predicted octanol–water partition coefficient (Wildman–Crippen LogP) is 4.50. The van der Waals surface area contributed by atoms with Gasteiger partial charge in [0.1, 0.15) is 5.75 Å². The zero-order valence-electron chi connectivity index (χ0n) is 14.2. The molecule has 5 nitrogen and oxygen atoms in total. The number of amides is 1. The van der Waals surface area contributed by atoms with Crippen molar-refractivity contribution in [2.75, 3.05) is 12.4 Å². The first-order valence-electron chi connectivity index (χ1n) is 8.08. The maximum atomic E-state index is 12.3. The summed E-state index contributed by atoms with van der Waals surface area (Å²) in [5.74, 6) is 0.260. The van der Waals surface area contributed by atoms with E-state index in [4.69, 9.17) is 16.3 Å². The zero-order valence-corrected chi connectivity index (χ0v) is 14.9. The van der Waals surface area contributed by atoms with Gasteiger partial charge < -0.3 is 10.1 Å². The number of nitrogens with one attached hydrogen (secondary N) is 1. The number of carbonyl (C=O) groups is 2. The number of aromatic nitrogens is 1. The molecule has 0 saturated carbocycles. The van der Waals surface area contributed by atoms with Crippen molar-refractivity contribution < 1.29 is 14.3 Å². The topological polar surface area (TPSA) is 68.3 Å². The van der Waals surface area contributed by atoms with Gasteiger partial charge in [-0.3, -0.25) is 14.6 Å². The lowest BCUT2D eigenvalue weighted by Crippen LogP contribution is -2.14. The second-order valence-corrected chi connectivity index (χ2v) is 6.16. The minimum absolute atomic E-state index is 0.0764. The highest BCUT2D eigenvalue weighted by atomic mass is 35.5. The molecule has 0 aliphatic rings. The molecule has 1 heterocycles. The highest BCUT2D eigenvalue weighted by Crippen LogP contribution is 2.27. The molecule has 0 aliphatic heterocycles. The Balaban J connectivity index is 1.69. The van der Waals surface area contributed by atoms with Crippen LogP contribution in [0.15, 0.2) is 54.7 Å². The predicted molar refractivity (Wildman–Crippen MR) is 102 cm³/mol. The number of nitrogens with zero attached hydrogens (tertiary/aromatic N) is 1. The van der Waals surface area contributed by atoms with Gasteiger partial charge in [0.25, 0.3) is 0 Å². The maximum Gasteiger partial charge on any atom is 0.224 e. The molecule has 0 bridgehead atoms. The number of ether oxygens (including phenoxy) is 1. The van der Waals surface area contributed by atoms with Crippen molar-refractivity contribution in [3.63, 3.8) is 0 Å². The quantitative estimate of drug-likeness (QED) is 0.650. The fraction of sp³-hybridized carbons (Fsp3) is 0.150. The zero-order chi connectivity index (χ0) is 18.5. The van der Waals surface area contributed by atoms with Crippen LogP contribution in [-0.4, -0.2) is 23.8 Å². The van der Waals surface area contributed by atoms with Crippen molar-refractivity contribution in [1.82, 2.24) is 4.98 Å². The molecule has 0 unspecified atom stereocenters. The van der Waals surface area contributed by atoms with E-state index in [1.807, 2.05) is 18.2 Å². The summed E-state index contributed by atoms with van der Waals surface area (Å²) in [7, 11) is 1.56. The summed E-state index contributed by atoms with van der Waals surface area (Å²) in [5.41, 5.74) is 1.77. The lowest BCUT2D eigenvalue weighted by molar-refractivity contribution is -0.116. The van der Waals surface area contributed by atoms with Gasteiger partial charge in [0.05, 0.1) is 18.3 Å². The van der Waals surface area contributed by atoms with Crippen LogP contribution in [0.4, 0.5) is 5.69 Å². The van der Waals surface area contributed by atoms with E-state index in [9.17, 15) is 9.59 Å². The van der Waals surface area contributed by atoms with Gasteiger partial charge in [0.15, 0.2) is 5.78 Å². The first-order valence-corrected chi connectivity index (χ1v) is 8.46. The highest BCUT2D eigenvalue weighted by molar-refractivity contribution is 6.30. The molecule has 3 rings (SSSR count). The third-order valence-corrected chi connectivity index (χ3v) is 4.19. The largest absolute Gasteiger partial charge is 0.497 e. The molecule has 0 fully saturated rings. The Morgan fingerprint density at radius 1 is 1.12 bits per heavy atom. The molecule has 1 N–H and O–H groups in total. The van der Waals surface area contributed by atoms with E-state index in [0.717, 1.165) is 5.39 Å². The van der Waals surface area contributed by atoms with Crippen LogP contribution in [0.2, 0.25) is 5.02 Å². The van der Waals surface area contributed by atoms with Crippen LogP contribution in [0.3, 0.4) is 0 Å². The van der Waals surface area contributed by atoms with Crippen molar-refractivity contribution in [2.24, 2.45) is 0 Å². The van der Waals surface area contributed by atoms with Crippen LogP contribution in [0.5, 0.6) is 5.75 Å². The maximum absolute atomic E-state index is 12.3. The number of anilines is 1. The fourth-order valence-electron chi connectivity index (χ4n) is 2.60. The Hall–Kier alpha value is -2.92. The van der Waals surface area contributed by atoms with Gasteiger partial charge in [-0.25, -0.2) is 0 Å². The van der Waals surface area contributed by atoms with Gasteiger partial charge in [-0.2, -0.15) is 0 Å². The molecule has 0 radical (unpaired) electrons. The van der Waals surface area contributed by atoms with E-state index >= 15 is 0 Å². The summed E-state index contributed by atoms with van der Waals surface area (Å²) in [5, 5.41) is 4.25. The molecular formula is C20H17ClN2O3. The summed E-state index contributed by atoms with van der Waals surface area (Å²) in [6.07, 6.45) is 1.85. The van der Waals surface area contributed by atoms with Crippen LogP contribution in [0.25, 0.3) is 10.9 Å². The number of carbonyl (C=O) groups excluding carboxylic acids is 2. The average molecular weight is 369 g/mol. The Morgan fingerprint density at radius 3 is 2.62 bits per heavy atom. The van der Waals surface area contributed by atoms with Crippen LogP contribution in [-0.2, 0) is 4.79 Å². The van der Waals surface area contributed by atoms with E-state index < -0.39 is 0 Å². The molecule has 1 aromatic heterocycles. The molecule has 0 aliphatic carbocycles. The van der Waals surface area contributed by atoms with E-state index in [1.54, 1.807) is 43.6 Å². The average Bonchev–Trinajstić information content (AvgIpc) is 2.66. The third kappa shape index (κ3) is 4.18. The molecule has 26 heavy (non-hydrogen) atoms. The van der Waals surface area contributed by atoms with E-state index in [2.05, 4.69) is 10.3 Å². The van der Waals surface area contributed by atoms with E-state index in [-0.39, 0.29) is 24.5 Å². The molecule has 0 saturated heterocycles. The molecule has 0 spiro atoms. The number of hydrogen-bond acceptors (Lipinski definition) is 4. The molecule has 1 amide bonds. The number of halogens is 1. The molecular weight excluding hydrogens is 352 g/mol. The van der Waals surface area contributed by atoms with E-state index in [1.165, 1.54) is 0 Å². The Kier molecular flexibility index (Phi) is 5.49. The molecule has 3 aromatic rings. The second-order valence-electron chi connectivity index (χ2n) is 5.73. The molecule has 0 atom stereocenters. The van der Waals surface area contributed by atoms with Crippen molar-refractivity contribution in [3.05, 3.63) is 65.3 Å². The van der Waals surface area contributed by atoms with Crippen molar-refractivity contribution in [2.45, 2.75) is 12.8 Å². The smallest absolute Gasteiger partial charge is 0.224 e. The summed E-state index contributed by atoms with van der Waals surface area (Å²) in [6.45, 7) is 0. The van der Waals surface area contributed by atoms with Gasteiger partial charge in [-0.05, 0) is 36.4 Å². The summed E-state index contributed by atoms with van der Waals surface area (Å²) in [4.78, 5) is 28.8. The summed E-state index contributed by atoms with van der Waals surface area (Å²) in [6, 6.07) is 13.9. The normalized spacial score (nSPS) is 10.5. The number of fused-ring (bicyclic) bond motifs is 1. The third-order valence-electron chi connectivity index (χ3n) is 3.93. The number of benzene rings is 2. The second kappa shape index (κ2) is 7.97. The first kappa shape index (κ1) is 17.9. The van der Waals surface area contributed by atoms with Gasteiger partial charge in [-0.15, -0.1) is 0 Å². The monoisotopic (exact) mass is 368 g/mol. The van der Waals surface area contributed by atoms with E-state index in [0.29, 0.717) is 27.5 Å². The summed E-state index contributed by atoms with van der Waals surface area (Å²) < 4.78 is 5.27. The number of Topliss-reactive ketones (excluding diaryl/α,β-unsaturated/α-hetero) is 1. The van der Waals surface area contributed by atoms with Gasteiger partial charge in [0.2, 0.25) is 5.91 Å². The number of hydrogen-bond donors (Lipinski definition) is 1. The standard InChI is InChI=1S/C20H17ClN2O3/c1-26-16-11-14-3-2-10-22-20(14)17(12-16)23-19(25)9-8-18(24)13-4-6-15(21)7-5-13/h2-7,10-12H,8-9H2,1H3,(H,23,25). The minimum Gasteiger partial charge on any atom is -0.497 e. The molecule has 132 valence electrons. The molecule has 6 heteroatoms. The van der Waals surface area contributed by atoms with Crippen LogP contribution in [0, 0.1) is 0 Å². The Bertz CT molecular complexity index is 955. The minimum atomic E-state index is -0.257. The van der Waals surface area contributed by atoms with Gasteiger partial charge in [-0.1, -0.05) is 17.7 Å². The molecule has 2 aromatic carbocycles. The van der Waals surface area contributed by atoms with Crippen LogP contribution < -0.4 is 10.1 Å². The SMILES string of the molecule is COc1cc(NC(=O)CCC(=O)c2ccc(Cl)cc2)c2ncccc2c1. The number of ketones is 1. The van der Waals surface area contributed by atoms with Crippen molar-refractivity contribution in [1.29, 1.82) is 0 Å². The van der Waals surface area contributed by atoms with Crippen molar-refractivity contribution >= 4 is 39.9 Å². The van der Waals surface area contributed by atoms with Crippen molar-refractivity contribution in [3.8, 4) is 5.75 Å². The lowest BCUT2D eigenvalue weighted by Gasteiger charge is -2.10. The Labute approximate surface area is 156 Å². The van der Waals surface area contributed by atoms with Crippen LogP contribution >= 0.6 is 11.6 Å². The summed E-state index contributed by atoms with van der Waals surface area (Å²) >= 11 is 5.81. The van der Waals surface area contributed by atoms with Gasteiger partial charge in [0, 0.05) is 41.1 Å². The lowest BCUT2D eigenvalue weighted by atomic mass is 10.1. The number of methoxy groups -OCH3 is 1. The fourth-order valence-corrected chi connectivity index (χ4v) is 2.72. The number of pyridine rings is 1. The Morgan fingerprint density at radius 2 is 1.88 bits per heavy atom. The van der Waals surface area contributed by atoms with Gasteiger partial charge >= 0.3 is 0 Å². The highest BCUT2D eigenvalue weighted by Gasteiger charge is 2.12. The number of rotatable bonds is 6. The van der Waals surface area contributed by atoms with Crippen LogP contribution in [0.1, 0.15) is 23.2 Å². The first-order chi connectivity index (χ1) is 12.6.